The molecule has 0 amide bonds. The van der Waals surface area contributed by atoms with E-state index >= 15 is 0 Å². The molecule has 2 N–H and O–H groups in total. The second-order valence-corrected chi connectivity index (χ2v) is 6.10. The summed E-state index contributed by atoms with van der Waals surface area (Å²) < 4.78 is 35.0. The molecule has 1 aromatic heterocycles. The Labute approximate surface area is 142 Å². The van der Waals surface area contributed by atoms with Crippen LogP contribution < -0.4 is 0 Å². The minimum atomic E-state index is -1.27. The molecule has 0 unspecified atom stereocenters. The van der Waals surface area contributed by atoms with Crippen LogP contribution in [0.5, 0.6) is 0 Å². The average molecular weight is 343 g/mol. The maximum absolute atomic E-state index is 14.9. The Morgan fingerprint density at radius 1 is 1.24 bits per heavy atom. The molecule has 0 aliphatic carbocycles. The SMILES string of the molecule is O=C(O)c1c[nH]c2cc(F)c(-c3ccc([C@H]4CCCO4)cc3)c(F)c12. The fourth-order valence-corrected chi connectivity index (χ4v) is 3.36. The minimum Gasteiger partial charge on any atom is -0.478 e. The zero-order chi connectivity index (χ0) is 17.6. The first kappa shape index (κ1) is 15.8. The number of aromatic carboxylic acids is 1. The van der Waals surface area contributed by atoms with Crippen molar-refractivity contribution in [1.29, 1.82) is 0 Å². The number of carboxylic acid groups (broad SMARTS) is 1. The Bertz CT molecular complexity index is 957. The molecule has 1 saturated heterocycles. The number of benzene rings is 2. The predicted octanol–water partition coefficient (Wildman–Crippen LogP) is 4.66. The molecule has 1 fully saturated rings. The summed E-state index contributed by atoms with van der Waals surface area (Å²) in [7, 11) is 0. The Morgan fingerprint density at radius 2 is 2.00 bits per heavy atom. The Kier molecular flexibility index (Phi) is 3.77. The molecule has 0 radical (unpaired) electrons. The summed E-state index contributed by atoms with van der Waals surface area (Å²) in [6.45, 7) is 0.720. The molecular formula is C19H15F2NO3. The van der Waals surface area contributed by atoms with Crippen molar-refractivity contribution in [1.82, 2.24) is 4.98 Å². The first-order valence-corrected chi connectivity index (χ1v) is 8.00. The first-order chi connectivity index (χ1) is 12.1. The smallest absolute Gasteiger partial charge is 0.337 e. The van der Waals surface area contributed by atoms with Crippen molar-refractivity contribution < 1.29 is 23.4 Å². The number of ether oxygens (including phenoxy) is 1. The fraction of sp³-hybridized carbons (Fsp3) is 0.211. The van der Waals surface area contributed by atoms with Crippen LogP contribution in [0.2, 0.25) is 0 Å². The van der Waals surface area contributed by atoms with Crippen molar-refractivity contribution in [2.24, 2.45) is 0 Å². The van der Waals surface area contributed by atoms with Gasteiger partial charge in [-0.05, 0) is 30.0 Å². The highest BCUT2D eigenvalue weighted by Gasteiger charge is 2.22. The number of aromatic amines is 1. The van der Waals surface area contributed by atoms with Gasteiger partial charge in [0, 0.05) is 12.8 Å². The van der Waals surface area contributed by atoms with Crippen LogP contribution in [0.3, 0.4) is 0 Å². The predicted molar refractivity (Wildman–Crippen MR) is 88.5 cm³/mol. The van der Waals surface area contributed by atoms with E-state index in [1.807, 2.05) is 0 Å². The normalized spacial score (nSPS) is 17.3. The summed E-state index contributed by atoms with van der Waals surface area (Å²) in [5, 5.41) is 9.07. The number of halogens is 2. The number of carboxylic acids is 1. The molecule has 0 saturated carbocycles. The molecule has 1 aliphatic rings. The molecule has 0 spiro atoms. The third-order valence-electron chi connectivity index (χ3n) is 4.59. The number of aromatic nitrogens is 1. The van der Waals surface area contributed by atoms with Crippen LogP contribution in [0, 0.1) is 11.6 Å². The zero-order valence-electron chi connectivity index (χ0n) is 13.2. The first-order valence-electron chi connectivity index (χ1n) is 8.00. The molecule has 6 heteroatoms. The number of nitrogens with one attached hydrogen (secondary N) is 1. The lowest BCUT2D eigenvalue weighted by Gasteiger charge is -2.12. The van der Waals surface area contributed by atoms with Crippen LogP contribution in [0.1, 0.15) is 34.9 Å². The molecule has 4 nitrogen and oxygen atoms in total. The minimum absolute atomic E-state index is 0.0227. The molecule has 4 rings (SSSR count). The van der Waals surface area contributed by atoms with Crippen LogP contribution in [0.15, 0.2) is 36.5 Å². The summed E-state index contributed by atoms with van der Waals surface area (Å²) in [5.41, 5.74) is 0.998. The highest BCUT2D eigenvalue weighted by atomic mass is 19.1. The third-order valence-corrected chi connectivity index (χ3v) is 4.59. The number of hydrogen-bond acceptors (Lipinski definition) is 2. The molecule has 3 aromatic rings. The Hall–Kier alpha value is -2.73. The van der Waals surface area contributed by atoms with E-state index in [4.69, 9.17) is 4.74 Å². The van der Waals surface area contributed by atoms with E-state index in [9.17, 15) is 18.7 Å². The monoisotopic (exact) mass is 343 g/mol. The van der Waals surface area contributed by atoms with Gasteiger partial charge >= 0.3 is 5.97 Å². The van der Waals surface area contributed by atoms with E-state index < -0.39 is 17.6 Å². The number of H-pyrrole nitrogens is 1. The standard InChI is InChI=1S/C19H15F2NO3/c20-13-8-14-17(12(9-22-14)19(23)24)18(21)16(13)11-5-3-10(4-6-11)15-2-1-7-25-15/h3-6,8-9,15,22H,1-2,7H2,(H,23,24)/t15-/m1/s1. The van der Waals surface area contributed by atoms with E-state index in [0.717, 1.165) is 31.1 Å². The highest BCUT2D eigenvalue weighted by molar-refractivity contribution is 6.04. The van der Waals surface area contributed by atoms with Gasteiger partial charge in [0.05, 0.1) is 28.1 Å². The summed E-state index contributed by atoms with van der Waals surface area (Å²) in [4.78, 5) is 13.9. The van der Waals surface area contributed by atoms with Gasteiger partial charge in [-0.1, -0.05) is 24.3 Å². The Morgan fingerprint density at radius 3 is 2.64 bits per heavy atom. The molecule has 2 aromatic carbocycles. The van der Waals surface area contributed by atoms with E-state index in [-0.39, 0.29) is 28.1 Å². The van der Waals surface area contributed by atoms with Gasteiger partial charge in [-0.15, -0.1) is 0 Å². The summed E-state index contributed by atoms with van der Waals surface area (Å²) in [6.07, 6.45) is 3.12. The molecular weight excluding hydrogens is 328 g/mol. The number of carbonyl (C=O) groups is 1. The Balaban J connectivity index is 1.82. The summed E-state index contributed by atoms with van der Waals surface area (Å²) >= 11 is 0. The van der Waals surface area contributed by atoms with Gasteiger partial charge in [-0.2, -0.15) is 0 Å². The second kappa shape index (κ2) is 5.97. The lowest BCUT2D eigenvalue weighted by atomic mass is 9.98. The van der Waals surface area contributed by atoms with E-state index in [1.54, 1.807) is 24.3 Å². The van der Waals surface area contributed by atoms with Gasteiger partial charge < -0.3 is 14.8 Å². The number of hydrogen-bond donors (Lipinski definition) is 2. The van der Waals surface area contributed by atoms with Crippen LogP contribution in [-0.4, -0.2) is 22.7 Å². The van der Waals surface area contributed by atoms with E-state index in [2.05, 4.69) is 4.98 Å². The van der Waals surface area contributed by atoms with Crippen LogP contribution >= 0.6 is 0 Å². The third kappa shape index (κ3) is 2.59. The van der Waals surface area contributed by atoms with Crippen molar-refractivity contribution in [2.75, 3.05) is 6.61 Å². The van der Waals surface area contributed by atoms with Crippen molar-refractivity contribution in [3.8, 4) is 11.1 Å². The largest absolute Gasteiger partial charge is 0.478 e. The fourth-order valence-electron chi connectivity index (χ4n) is 3.36. The molecule has 25 heavy (non-hydrogen) atoms. The quantitative estimate of drug-likeness (QED) is 0.727. The van der Waals surface area contributed by atoms with Crippen molar-refractivity contribution in [3.63, 3.8) is 0 Å². The van der Waals surface area contributed by atoms with Crippen LogP contribution in [0.25, 0.3) is 22.0 Å². The summed E-state index contributed by atoms with van der Waals surface area (Å²) in [5.74, 6) is -2.89. The van der Waals surface area contributed by atoms with Gasteiger partial charge in [0.2, 0.25) is 0 Å². The molecule has 2 heterocycles. The van der Waals surface area contributed by atoms with Crippen molar-refractivity contribution >= 4 is 16.9 Å². The van der Waals surface area contributed by atoms with Gasteiger partial charge in [0.15, 0.2) is 0 Å². The van der Waals surface area contributed by atoms with Gasteiger partial charge in [0.25, 0.3) is 0 Å². The lowest BCUT2D eigenvalue weighted by Crippen LogP contribution is -1.99. The molecule has 1 aliphatic heterocycles. The highest BCUT2D eigenvalue weighted by Crippen LogP contribution is 2.35. The van der Waals surface area contributed by atoms with Gasteiger partial charge in [0.1, 0.15) is 11.6 Å². The maximum Gasteiger partial charge on any atom is 0.337 e. The maximum atomic E-state index is 14.9. The number of rotatable bonds is 3. The van der Waals surface area contributed by atoms with Crippen LogP contribution in [-0.2, 0) is 4.74 Å². The summed E-state index contributed by atoms with van der Waals surface area (Å²) in [6, 6.07) is 7.98. The topological polar surface area (TPSA) is 62.3 Å². The molecule has 1 atom stereocenters. The molecule has 0 bridgehead atoms. The lowest BCUT2D eigenvalue weighted by molar-refractivity contribution is 0.0698. The van der Waals surface area contributed by atoms with E-state index in [0.29, 0.717) is 5.56 Å². The van der Waals surface area contributed by atoms with Crippen molar-refractivity contribution in [2.45, 2.75) is 18.9 Å². The van der Waals surface area contributed by atoms with Crippen LogP contribution in [0.4, 0.5) is 8.78 Å². The van der Waals surface area contributed by atoms with Gasteiger partial charge in [-0.3, -0.25) is 0 Å². The number of fused-ring (bicyclic) bond motifs is 1. The zero-order valence-corrected chi connectivity index (χ0v) is 13.2. The van der Waals surface area contributed by atoms with Crippen molar-refractivity contribution in [3.05, 3.63) is 59.3 Å². The molecule has 128 valence electrons. The average Bonchev–Trinajstić information content (AvgIpc) is 3.25. The van der Waals surface area contributed by atoms with E-state index in [1.165, 1.54) is 6.20 Å². The second-order valence-electron chi connectivity index (χ2n) is 6.10. The van der Waals surface area contributed by atoms with Gasteiger partial charge in [-0.25, -0.2) is 13.6 Å².